The Balaban J connectivity index is 2.53. The third-order valence-electron chi connectivity index (χ3n) is 3.24. The van der Waals surface area contributed by atoms with Crippen molar-refractivity contribution in [3.8, 4) is 0 Å². The van der Waals surface area contributed by atoms with E-state index >= 15 is 0 Å². The summed E-state index contributed by atoms with van der Waals surface area (Å²) in [5, 5.41) is 5.16. The van der Waals surface area contributed by atoms with E-state index in [0.29, 0.717) is 11.3 Å². The molecule has 0 radical (unpaired) electrons. The van der Waals surface area contributed by atoms with Gasteiger partial charge in [-0.15, -0.1) is 0 Å². The highest BCUT2D eigenvalue weighted by molar-refractivity contribution is 7.99. The summed E-state index contributed by atoms with van der Waals surface area (Å²) in [5.41, 5.74) is 5.32. The third-order valence-corrected chi connectivity index (χ3v) is 4.73. The second kappa shape index (κ2) is 7.81. The molecule has 2 unspecified atom stereocenters. The summed E-state index contributed by atoms with van der Waals surface area (Å²) in [6.07, 6.45) is 3.12. The fourth-order valence-corrected chi connectivity index (χ4v) is 2.76. The van der Waals surface area contributed by atoms with Crippen LogP contribution in [-0.2, 0) is 19.9 Å². The van der Waals surface area contributed by atoms with E-state index in [0.717, 1.165) is 24.3 Å². The summed E-state index contributed by atoms with van der Waals surface area (Å²) in [4.78, 5) is 0. The first-order valence-electron chi connectivity index (χ1n) is 6.70. The van der Waals surface area contributed by atoms with Crippen LogP contribution in [0.4, 0.5) is 0 Å². The Morgan fingerprint density at radius 1 is 1.50 bits per heavy atom. The molecule has 5 heteroatoms. The van der Waals surface area contributed by atoms with Crippen molar-refractivity contribution in [3.05, 3.63) is 17.5 Å². The number of aryl methyl sites for hydroxylation is 2. The van der Waals surface area contributed by atoms with Crippen LogP contribution >= 0.6 is 11.8 Å². The smallest absolute Gasteiger partial charge is 0.0624 e. The van der Waals surface area contributed by atoms with Crippen LogP contribution in [0.5, 0.6) is 0 Å². The van der Waals surface area contributed by atoms with Gasteiger partial charge in [-0.05, 0) is 18.9 Å². The van der Waals surface area contributed by atoms with Crippen LogP contribution < -0.4 is 11.3 Å². The van der Waals surface area contributed by atoms with E-state index in [1.807, 2.05) is 23.5 Å². The van der Waals surface area contributed by atoms with Crippen molar-refractivity contribution in [1.29, 1.82) is 0 Å². The zero-order chi connectivity index (χ0) is 13.5. The van der Waals surface area contributed by atoms with Gasteiger partial charge < -0.3 is 0 Å². The van der Waals surface area contributed by atoms with Crippen molar-refractivity contribution in [2.45, 2.75) is 51.3 Å². The molecule has 0 aliphatic rings. The van der Waals surface area contributed by atoms with Gasteiger partial charge >= 0.3 is 0 Å². The molecule has 0 amide bonds. The normalized spacial score (nSPS) is 14.7. The van der Waals surface area contributed by atoms with Crippen LogP contribution in [0.1, 0.15) is 38.6 Å². The number of hydrogen-bond acceptors (Lipinski definition) is 4. The molecule has 2 atom stereocenters. The maximum atomic E-state index is 5.64. The number of thioether (sulfide) groups is 1. The Kier molecular flexibility index (Phi) is 6.75. The van der Waals surface area contributed by atoms with Crippen molar-refractivity contribution >= 4 is 11.8 Å². The maximum Gasteiger partial charge on any atom is 0.0624 e. The summed E-state index contributed by atoms with van der Waals surface area (Å²) < 4.78 is 1.97. The van der Waals surface area contributed by atoms with Gasteiger partial charge in [-0.2, -0.15) is 16.9 Å². The van der Waals surface area contributed by atoms with Crippen LogP contribution in [-0.4, -0.2) is 26.8 Å². The number of nitrogens with zero attached hydrogens (tertiary/aromatic N) is 2. The van der Waals surface area contributed by atoms with Crippen LogP contribution in [0.3, 0.4) is 0 Å². The average molecular weight is 270 g/mol. The molecule has 18 heavy (non-hydrogen) atoms. The fourth-order valence-electron chi connectivity index (χ4n) is 1.75. The minimum atomic E-state index is 0.309. The number of rotatable bonds is 8. The van der Waals surface area contributed by atoms with Gasteiger partial charge in [0.05, 0.1) is 5.69 Å². The van der Waals surface area contributed by atoms with Crippen LogP contribution in [0, 0.1) is 0 Å². The Morgan fingerprint density at radius 3 is 2.72 bits per heavy atom. The van der Waals surface area contributed by atoms with E-state index < -0.39 is 0 Å². The summed E-state index contributed by atoms with van der Waals surface area (Å²) in [5.74, 6) is 6.68. The lowest BCUT2D eigenvalue weighted by Crippen LogP contribution is -2.39. The zero-order valence-corrected chi connectivity index (χ0v) is 12.8. The molecule has 0 aliphatic carbocycles. The van der Waals surface area contributed by atoms with Crippen molar-refractivity contribution in [3.63, 3.8) is 0 Å². The van der Waals surface area contributed by atoms with E-state index in [4.69, 9.17) is 5.84 Å². The first-order valence-corrected chi connectivity index (χ1v) is 7.75. The molecule has 1 rings (SSSR count). The van der Waals surface area contributed by atoms with Gasteiger partial charge in [0.1, 0.15) is 0 Å². The van der Waals surface area contributed by atoms with Gasteiger partial charge in [0, 0.05) is 36.2 Å². The molecular weight excluding hydrogens is 244 g/mol. The standard InChI is InChI=1S/C13H26N4S/c1-5-10(3)18-9-12(15-14)8-13-7-11(6-2)16-17(13)4/h7,10,12,15H,5-6,8-9,14H2,1-4H3. The van der Waals surface area contributed by atoms with Gasteiger partial charge in [-0.1, -0.05) is 20.8 Å². The van der Waals surface area contributed by atoms with E-state index in [-0.39, 0.29) is 0 Å². The zero-order valence-electron chi connectivity index (χ0n) is 11.9. The highest BCUT2D eigenvalue weighted by Crippen LogP contribution is 2.16. The van der Waals surface area contributed by atoms with Crippen LogP contribution in [0.15, 0.2) is 6.07 Å². The van der Waals surface area contributed by atoms with E-state index in [1.54, 1.807) is 0 Å². The fraction of sp³-hybridized carbons (Fsp3) is 0.769. The first-order chi connectivity index (χ1) is 8.60. The summed E-state index contributed by atoms with van der Waals surface area (Å²) in [6.45, 7) is 6.61. The quantitative estimate of drug-likeness (QED) is 0.559. The van der Waals surface area contributed by atoms with Crippen molar-refractivity contribution in [1.82, 2.24) is 15.2 Å². The van der Waals surface area contributed by atoms with E-state index in [1.165, 1.54) is 12.1 Å². The molecular formula is C13H26N4S. The molecule has 1 heterocycles. The van der Waals surface area contributed by atoms with Gasteiger partial charge in [0.25, 0.3) is 0 Å². The third kappa shape index (κ3) is 4.63. The van der Waals surface area contributed by atoms with E-state index in [2.05, 4.69) is 37.4 Å². The summed E-state index contributed by atoms with van der Waals surface area (Å²) in [6, 6.07) is 2.49. The molecule has 0 aliphatic heterocycles. The molecule has 104 valence electrons. The van der Waals surface area contributed by atoms with Crippen molar-refractivity contribution < 1.29 is 0 Å². The lowest BCUT2D eigenvalue weighted by atomic mass is 10.2. The number of hydrazine groups is 1. The average Bonchev–Trinajstić information content (AvgIpc) is 2.74. The Hall–Kier alpha value is -0.520. The van der Waals surface area contributed by atoms with Crippen LogP contribution in [0.25, 0.3) is 0 Å². The second-order valence-electron chi connectivity index (χ2n) is 4.72. The molecule has 0 saturated carbocycles. The predicted molar refractivity (Wildman–Crippen MR) is 79.6 cm³/mol. The molecule has 0 saturated heterocycles. The van der Waals surface area contributed by atoms with Crippen molar-refractivity contribution in [2.24, 2.45) is 12.9 Å². The monoisotopic (exact) mass is 270 g/mol. The second-order valence-corrected chi connectivity index (χ2v) is 6.20. The molecule has 1 aromatic rings. The lowest BCUT2D eigenvalue weighted by Gasteiger charge is -2.17. The maximum absolute atomic E-state index is 5.64. The Morgan fingerprint density at radius 2 is 2.22 bits per heavy atom. The van der Waals surface area contributed by atoms with Gasteiger partial charge in [-0.25, -0.2) is 0 Å². The number of nitrogens with two attached hydrogens (primary N) is 1. The van der Waals surface area contributed by atoms with Gasteiger partial charge in [0.2, 0.25) is 0 Å². The summed E-state index contributed by atoms with van der Waals surface area (Å²) >= 11 is 1.97. The number of nitrogens with one attached hydrogen (secondary N) is 1. The molecule has 3 N–H and O–H groups in total. The molecule has 0 fully saturated rings. The minimum Gasteiger partial charge on any atom is -0.272 e. The van der Waals surface area contributed by atoms with Gasteiger partial charge in [0.15, 0.2) is 0 Å². The highest BCUT2D eigenvalue weighted by Gasteiger charge is 2.13. The molecule has 0 aromatic carbocycles. The Bertz CT molecular complexity index is 351. The SMILES string of the molecule is CCc1cc(CC(CSC(C)CC)NN)n(C)n1. The number of hydrogen-bond donors (Lipinski definition) is 2. The van der Waals surface area contributed by atoms with Crippen LogP contribution in [0.2, 0.25) is 0 Å². The predicted octanol–water partition coefficient (Wildman–Crippen LogP) is 1.89. The highest BCUT2D eigenvalue weighted by atomic mass is 32.2. The molecule has 0 spiro atoms. The number of aromatic nitrogens is 2. The lowest BCUT2D eigenvalue weighted by molar-refractivity contribution is 0.550. The minimum absolute atomic E-state index is 0.309. The van der Waals surface area contributed by atoms with E-state index in [9.17, 15) is 0 Å². The molecule has 0 bridgehead atoms. The molecule has 4 nitrogen and oxygen atoms in total. The molecule has 1 aromatic heterocycles. The summed E-state index contributed by atoms with van der Waals surface area (Å²) in [7, 11) is 2.00. The first kappa shape index (κ1) is 15.5. The Labute approximate surface area is 115 Å². The topological polar surface area (TPSA) is 55.9 Å². The van der Waals surface area contributed by atoms with Gasteiger partial charge in [-0.3, -0.25) is 16.0 Å². The van der Waals surface area contributed by atoms with Crippen molar-refractivity contribution in [2.75, 3.05) is 5.75 Å². The largest absolute Gasteiger partial charge is 0.272 e.